The van der Waals surface area contributed by atoms with E-state index in [4.69, 9.17) is 13.9 Å². The van der Waals surface area contributed by atoms with E-state index in [1.54, 1.807) is 24.3 Å². The summed E-state index contributed by atoms with van der Waals surface area (Å²) in [5.41, 5.74) is 0.553. The van der Waals surface area contributed by atoms with Gasteiger partial charge in [0.05, 0.1) is 12.0 Å². The summed E-state index contributed by atoms with van der Waals surface area (Å²) in [5.74, 6) is -12.8. The Bertz CT molecular complexity index is 1520. The molecule has 4 rings (SSSR count). The molecule has 1 aromatic heterocycles. The van der Waals surface area contributed by atoms with E-state index < -0.39 is 52.3 Å². The molecule has 0 bridgehead atoms. The maximum absolute atomic E-state index is 13.9. The summed E-state index contributed by atoms with van der Waals surface area (Å²) in [4.78, 5) is 25.2. The molecule has 192 valence electrons. The van der Waals surface area contributed by atoms with E-state index in [0.717, 1.165) is 6.92 Å². The van der Waals surface area contributed by atoms with Crippen LogP contribution < -0.4 is 20.2 Å². The van der Waals surface area contributed by atoms with Crippen molar-refractivity contribution in [3.8, 4) is 22.8 Å². The molecule has 11 heteroatoms. The van der Waals surface area contributed by atoms with E-state index in [0.29, 0.717) is 23.7 Å². The summed E-state index contributed by atoms with van der Waals surface area (Å²) in [6, 6.07) is 12.3. The first-order valence-corrected chi connectivity index (χ1v) is 10.9. The zero-order valence-electron chi connectivity index (χ0n) is 19.3. The molecule has 0 saturated carbocycles. The Morgan fingerprint density at radius 1 is 0.919 bits per heavy atom. The highest BCUT2D eigenvalue weighted by Gasteiger charge is 2.29. The van der Waals surface area contributed by atoms with Gasteiger partial charge in [-0.3, -0.25) is 9.59 Å². The fraction of sp³-hybridized carbons (Fsp3) is 0.154. The van der Waals surface area contributed by atoms with Crippen LogP contribution in [0.3, 0.4) is 0 Å². The molecule has 0 aliphatic heterocycles. The quantitative estimate of drug-likeness (QED) is 0.185. The molecule has 3 aromatic carbocycles. The van der Waals surface area contributed by atoms with Crippen LogP contribution >= 0.6 is 0 Å². The molecule has 37 heavy (non-hydrogen) atoms. The highest BCUT2D eigenvalue weighted by molar-refractivity contribution is 5.96. The molecule has 0 spiro atoms. The van der Waals surface area contributed by atoms with Gasteiger partial charge < -0.3 is 19.2 Å². The molecule has 0 fully saturated rings. The molecule has 0 saturated heterocycles. The maximum atomic E-state index is 13.9. The molecule has 1 heterocycles. The summed E-state index contributed by atoms with van der Waals surface area (Å²) in [6.07, 6.45) is -1.66. The van der Waals surface area contributed by atoms with E-state index in [-0.39, 0.29) is 16.7 Å². The molecule has 0 aliphatic carbocycles. The van der Waals surface area contributed by atoms with E-state index >= 15 is 0 Å². The summed E-state index contributed by atoms with van der Waals surface area (Å²) in [7, 11) is 0. The molecule has 1 unspecified atom stereocenters. The Hall–Kier alpha value is -4.41. The summed E-state index contributed by atoms with van der Waals surface area (Å²) in [6.45, 7) is 3.41. The minimum absolute atomic E-state index is 0.103. The van der Waals surface area contributed by atoms with Crippen molar-refractivity contribution in [1.82, 2.24) is 0 Å². The van der Waals surface area contributed by atoms with Gasteiger partial charge >= 0.3 is 0 Å². The van der Waals surface area contributed by atoms with Gasteiger partial charge in [-0.1, -0.05) is 0 Å². The molecular formula is C26H18F5NO5. The lowest BCUT2D eigenvalue weighted by atomic mass is 10.1. The predicted octanol–water partition coefficient (Wildman–Crippen LogP) is 5.96. The average Bonchev–Trinajstić information content (AvgIpc) is 2.89. The van der Waals surface area contributed by atoms with Gasteiger partial charge in [0, 0.05) is 17.3 Å². The second-order valence-corrected chi connectivity index (χ2v) is 7.79. The lowest BCUT2D eigenvalue weighted by Gasteiger charge is -2.16. The van der Waals surface area contributed by atoms with Gasteiger partial charge in [-0.05, 0) is 56.3 Å². The van der Waals surface area contributed by atoms with Crippen LogP contribution in [0.15, 0.2) is 57.7 Å². The highest BCUT2D eigenvalue weighted by atomic mass is 19.2. The van der Waals surface area contributed by atoms with Crippen molar-refractivity contribution in [2.24, 2.45) is 0 Å². The van der Waals surface area contributed by atoms with Crippen molar-refractivity contribution >= 4 is 22.6 Å². The fourth-order valence-electron chi connectivity index (χ4n) is 3.42. The van der Waals surface area contributed by atoms with Gasteiger partial charge in [0.2, 0.25) is 29.1 Å². The molecule has 1 N–H and O–H groups in total. The Labute approximate surface area is 206 Å². The minimum atomic E-state index is -2.35. The van der Waals surface area contributed by atoms with Crippen molar-refractivity contribution in [2.45, 2.75) is 20.0 Å². The fourth-order valence-corrected chi connectivity index (χ4v) is 3.42. The van der Waals surface area contributed by atoms with E-state index in [2.05, 4.69) is 5.32 Å². The lowest BCUT2D eigenvalue weighted by molar-refractivity contribution is -0.122. The lowest BCUT2D eigenvalue weighted by Crippen LogP contribution is -2.31. The number of fused-ring (bicyclic) bond motifs is 1. The van der Waals surface area contributed by atoms with Gasteiger partial charge in [-0.25, -0.2) is 13.2 Å². The average molecular weight is 519 g/mol. The summed E-state index contributed by atoms with van der Waals surface area (Å²) < 4.78 is 83.6. The van der Waals surface area contributed by atoms with Crippen LogP contribution in [0.1, 0.15) is 13.8 Å². The molecule has 0 aliphatic rings. The van der Waals surface area contributed by atoms with Crippen molar-refractivity contribution in [3.05, 3.63) is 87.8 Å². The Balaban J connectivity index is 1.54. The van der Waals surface area contributed by atoms with E-state index in [9.17, 15) is 31.5 Å². The van der Waals surface area contributed by atoms with Crippen LogP contribution in [0.2, 0.25) is 0 Å². The largest absolute Gasteiger partial charge is 0.494 e. The normalized spacial score (nSPS) is 11.9. The Kier molecular flexibility index (Phi) is 7.14. The van der Waals surface area contributed by atoms with Crippen LogP contribution in [0.4, 0.5) is 27.6 Å². The number of hydrogen-bond acceptors (Lipinski definition) is 5. The standard InChI is InChI=1S/C26H18F5NO5/c1-3-35-15-7-4-13(5-8-15)19-11-17(33)16-10-14(6-9-18(16)37-19)32-26(34)12(2)36-25-23(30)21(28)20(27)22(29)24(25)31/h4-12H,3H2,1-2H3,(H,32,34). The molecule has 4 aromatic rings. The molecule has 0 radical (unpaired) electrons. The third-order valence-corrected chi connectivity index (χ3v) is 5.28. The smallest absolute Gasteiger partial charge is 0.265 e. The first kappa shape index (κ1) is 25.7. The zero-order chi connectivity index (χ0) is 26.9. The first-order valence-electron chi connectivity index (χ1n) is 10.9. The van der Waals surface area contributed by atoms with Crippen molar-refractivity contribution < 1.29 is 40.6 Å². The monoisotopic (exact) mass is 519 g/mol. The highest BCUT2D eigenvalue weighted by Crippen LogP contribution is 2.30. The third kappa shape index (κ3) is 5.11. The first-order chi connectivity index (χ1) is 17.6. The molecular weight excluding hydrogens is 501 g/mol. The van der Waals surface area contributed by atoms with Crippen LogP contribution in [-0.4, -0.2) is 18.6 Å². The van der Waals surface area contributed by atoms with Crippen molar-refractivity contribution in [3.63, 3.8) is 0 Å². The topological polar surface area (TPSA) is 77.8 Å². The predicted molar refractivity (Wildman–Crippen MR) is 124 cm³/mol. The van der Waals surface area contributed by atoms with Crippen LogP contribution in [0.25, 0.3) is 22.3 Å². The van der Waals surface area contributed by atoms with Gasteiger partial charge in [0.25, 0.3) is 5.91 Å². The van der Waals surface area contributed by atoms with Crippen molar-refractivity contribution in [1.29, 1.82) is 0 Å². The number of ether oxygens (including phenoxy) is 2. The van der Waals surface area contributed by atoms with E-state index in [1.807, 2.05) is 6.92 Å². The Morgan fingerprint density at radius 3 is 2.16 bits per heavy atom. The zero-order valence-corrected chi connectivity index (χ0v) is 19.3. The minimum Gasteiger partial charge on any atom is -0.494 e. The molecule has 6 nitrogen and oxygen atoms in total. The number of benzene rings is 3. The van der Waals surface area contributed by atoms with Crippen LogP contribution in [0, 0.1) is 29.1 Å². The van der Waals surface area contributed by atoms with Crippen LogP contribution in [-0.2, 0) is 4.79 Å². The second kappa shape index (κ2) is 10.3. The summed E-state index contributed by atoms with van der Waals surface area (Å²) >= 11 is 0. The summed E-state index contributed by atoms with van der Waals surface area (Å²) in [5, 5.41) is 2.49. The van der Waals surface area contributed by atoms with Gasteiger partial charge in [-0.15, -0.1) is 0 Å². The van der Waals surface area contributed by atoms with Gasteiger partial charge in [0.15, 0.2) is 17.3 Å². The van der Waals surface area contributed by atoms with Crippen molar-refractivity contribution in [2.75, 3.05) is 11.9 Å². The van der Waals surface area contributed by atoms with Gasteiger partial charge in [-0.2, -0.15) is 8.78 Å². The SMILES string of the molecule is CCOc1ccc(-c2cc(=O)c3cc(NC(=O)C(C)Oc4c(F)c(F)c(F)c(F)c4F)ccc3o2)cc1. The number of amides is 1. The number of carbonyl (C=O) groups is 1. The molecule has 1 atom stereocenters. The maximum Gasteiger partial charge on any atom is 0.265 e. The number of nitrogens with one attached hydrogen (secondary N) is 1. The molecule has 1 amide bonds. The Morgan fingerprint density at radius 2 is 1.54 bits per heavy atom. The van der Waals surface area contributed by atoms with E-state index in [1.165, 1.54) is 24.3 Å². The van der Waals surface area contributed by atoms with Gasteiger partial charge in [0.1, 0.15) is 17.1 Å². The third-order valence-electron chi connectivity index (χ3n) is 5.28. The number of hydrogen-bond donors (Lipinski definition) is 1. The number of carbonyl (C=O) groups excluding carboxylic acids is 1. The number of halogens is 5. The number of rotatable bonds is 7. The number of anilines is 1. The second-order valence-electron chi connectivity index (χ2n) is 7.79. The van der Waals surface area contributed by atoms with Crippen LogP contribution in [0.5, 0.6) is 11.5 Å².